The van der Waals surface area contributed by atoms with Crippen LogP contribution in [0, 0.1) is 0 Å². The number of carbonyl (C=O) groups is 1. The molecule has 0 bridgehead atoms. The maximum atomic E-state index is 12.8. The highest BCUT2D eigenvalue weighted by molar-refractivity contribution is 7.10. The maximum absolute atomic E-state index is 12.8. The van der Waals surface area contributed by atoms with Crippen LogP contribution >= 0.6 is 11.3 Å². The largest absolute Gasteiger partial charge is 0.343 e. The summed E-state index contributed by atoms with van der Waals surface area (Å²) in [6, 6.07) is 19.0. The van der Waals surface area contributed by atoms with E-state index in [1.54, 1.807) is 35.6 Å². The third-order valence-electron chi connectivity index (χ3n) is 4.91. The summed E-state index contributed by atoms with van der Waals surface area (Å²) in [6.45, 7) is 1.96. The first-order chi connectivity index (χ1) is 14.7. The van der Waals surface area contributed by atoms with E-state index in [2.05, 4.69) is 46.8 Å². The molecule has 2 heterocycles. The molecule has 7 heteroatoms. The van der Waals surface area contributed by atoms with Crippen LogP contribution in [0.2, 0.25) is 0 Å². The highest BCUT2D eigenvalue weighted by Gasteiger charge is 2.19. The van der Waals surface area contributed by atoms with Gasteiger partial charge in [0.2, 0.25) is 5.91 Å². The Morgan fingerprint density at radius 2 is 1.90 bits per heavy atom. The molecule has 1 unspecified atom stereocenters. The molecule has 2 aromatic carbocycles. The minimum absolute atomic E-state index is 0.188. The second-order valence-electron chi connectivity index (χ2n) is 7.08. The monoisotopic (exact) mass is 418 g/mol. The van der Waals surface area contributed by atoms with Gasteiger partial charge in [0, 0.05) is 4.88 Å². The lowest BCUT2D eigenvalue weighted by molar-refractivity contribution is -0.122. The molecule has 30 heavy (non-hydrogen) atoms. The predicted molar refractivity (Wildman–Crippen MR) is 119 cm³/mol. The summed E-state index contributed by atoms with van der Waals surface area (Å²) in [5, 5.41) is 13.4. The highest BCUT2D eigenvalue weighted by Crippen LogP contribution is 2.26. The Morgan fingerprint density at radius 1 is 1.10 bits per heavy atom. The van der Waals surface area contributed by atoms with Crippen LogP contribution in [-0.4, -0.2) is 20.9 Å². The van der Waals surface area contributed by atoms with E-state index >= 15 is 0 Å². The zero-order chi connectivity index (χ0) is 20.9. The number of aromatic nitrogens is 3. The Hall–Kier alpha value is -3.32. The number of nitrogens with one attached hydrogen (secondary N) is 1. The van der Waals surface area contributed by atoms with E-state index in [1.807, 2.05) is 17.5 Å². The van der Waals surface area contributed by atoms with Gasteiger partial charge in [-0.15, -0.1) is 16.4 Å². The van der Waals surface area contributed by atoms with Gasteiger partial charge in [0.05, 0.1) is 11.4 Å². The van der Waals surface area contributed by atoms with E-state index in [0.717, 1.165) is 28.0 Å². The van der Waals surface area contributed by atoms with Gasteiger partial charge in [0.1, 0.15) is 12.1 Å². The summed E-state index contributed by atoms with van der Waals surface area (Å²) in [6.07, 6.45) is 2.12. The Labute approximate surface area is 178 Å². The first kappa shape index (κ1) is 20.0. The van der Waals surface area contributed by atoms with Crippen LogP contribution in [0.1, 0.15) is 35.4 Å². The Morgan fingerprint density at radius 3 is 2.63 bits per heavy atom. The van der Waals surface area contributed by atoms with Crippen LogP contribution in [0.4, 0.5) is 0 Å². The topological polar surface area (TPSA) is 76.9 Å². The minimum Gasteiger partial charge on any atom is -0.343 e. The number of hydrogen-bond donors (Lipinski definition) is 1. The summed E-state index contributed by atoms with van der Waals surface area (Å²) in [5.74, 6) is -0.294. The van der Waals surface area contributed by atoms with Crippen LogP contribution in [0.3, 0.4) is 0 Å². The van der Waals surface area contributed by atoms with Crippen LogP contribution in [0.15, 0.2) is 70.8 Å². The van der Waals surface area contributed by atoms with Crippen molar-refractivity contribution in [2.24, 2.45) is 0 Å². The molecule has 0 fully saturated rings. The molecule has 0 radical (unpaired) electrons. The number of rotatable bonds is 7. The summed E-state index contributed by atoms with van der Waals surface area (Å²) in [5.41, 5.74) is 2.47. The van der Waals surface area contributed by atoms with E-state index in [1.165, 1.54) is 5.56 Å². The molecule has 4 rings (SSSR count). The fourth-order valence-corrected chi connectivity index (χ4v) is 4.21. The van der Waals surface area contributed by atoms with Crippen molar-refractivity contribution in [1.29, 1.82) is 0 Å². The Balaban J connectivity index is 1.57. The van der Waals surface area contributed by atoms with Gasteiger partial charge < -0.3 is 5.32 Å². The lowest BCUT2D eigenvalue weighted by atomic mass is 10.0. The fourth-order valence-electron chi connectivity index (χ4n) is 3.41. The average Bonchev–Trinajstić information content (AvgIpc) is 3.30. The SMILES string of the molecule is CCCc1ccc(C(NC(=O)Cn2nnc3ccccc3c2=O)c2cccs2)cc1. The molecular weight excluding hydrogens is 396 g/mol. The number of aryl methyl sites for hydroxylation is 1. The third-order valence-corrected chi connectivity index (χ3v) is 5.84. The first-order valence-electron chi connectivity index (χ1n) is 9.90. The number of carbonyl (C=O) groups excluding carboxylic acids is 1. The number of thiophene rings is 1. The molecule has 0 aliphatic heterocycles. The molecule has 1 atom stereocenters. The first-order valence-corrected chi connectivity index (χ1v) is 10.8. The highest BCUT2D eigenvalue weighted by atomic mass is 32.1. The fraction of sp³-hybridized carbons (Fsp3) is 0.217. The predicted octanol–water partition coefficient (Wildman–Crippen LogP) is 3.71. The van der Waals surface area contributed by atoms with Crippen molar-refractivity contribution in [2.45, 2.75) is 32.4 Å². The van der Waals surface area contributed by atoms with Gasteiger partial charge in [-0.1, -0.05) is 61.0 Å². The van der Waals surface area contributed by atoms with E-state index < -0.39 is 0 Å². The molecule has 152 valence electrons. The molecule has 0 saturated carbocycles. The van der Waals surface area contributed by atoms with E-state index in [4.69, 9.17) is 0 Å². The number of nitrogens with zero attached hydrogens (tertiary/aromatic N) is 3. The van der Waals surface area contributed by atoms with Crippen molar-refractivity contribution in [3.63, 3.8) is 0 Å². The summed E-state index contributed by atoms with van der Waals surface area (Å²) >= 11 is 1.58. The molecule has 0 spiro atoms. The molecule has 4 aromatic rings. The van der Waals surface area contributed by atoms with Crippen molar-refractivity contribution in [3.8, 4) is 0 Å². The molecule has 2 aromatic heterocycles. The zero-order valence-corrected chi connectivity index (χ0v) is 17.4. The quantitative estimate of drug-likeness (QED) is 0.496. The molecule has 1 N–H and O–H groups in total. The van der Waals surface area contributed by atoms with Gasteiger partial charge >= 0.3 is 0 Å². The maximum Gasteiger partial charge on any atom is 0.278 e. The molecule has 1 amide bonds. The van der Waals surface area contributed by atoms with Crippen LogP contribution in [-0.2, 0) is 17.8 Å². The number of hydrogen-bond acceptors (Lipinski definition) is 5. The Bertz CT molecular complexity index is 1200. The molecule has 0 aliphatic carbocycles. The molecular formula is C23H22N4O2S. The zero-order valence-electron chi connectivity index (χ0n) is 16.6. The van der Waals surface area contributed by atoms with E-state index in [0.29, 0.717) is 10.9 Å². The van der Waals surface area contributed by atoms with E-state index in [9.17, 15) is 9.59 Å². The number of fused-ring (bicyclic) bond motifs is 1. The average molecular weight is 419 g/mol. The van der Waals surface area contributed by atoms with Gasteiger partial charge in [-0.3, -0.25) is 9.59 Å². The van der Waals surface area contributed by atoms with Gasteiger partial charge in [0.25, 0.3) is 5.56 Å². The van der Waals surface area contributed by atoms with Gasteiger partial charge in [-0.25, -0.2) is 4.68 Å². The smallest absolute Gasteiger partial charge is 0.278 e. The molecule has 0 aliphatic rings. The Kier molecular flexibility index (Phi) is 5.99. The second kappa shape index (κ2) is 9.00. The summed E-state index contributed by atoms with van der Waals surface area (Å²) < 4.78 is 1.10. The molecule has 6 nitrogen and oxygen atoms in total. The lowest BCUT2D eigenvalue weighted by Crippen LogP contribution is -2.36. The third kappa shape index (κ3) is 4.31. The lowest BCUT2D eigenvalue weighted by Gasteiger charge is -2.19. The molecule has 0 saturated heterocycles. The van der Waals surface area contributed by atoms with Gasteiger partial charge in [-0.2, -0.15) is 0 Å². The van der Waals surface area contributed by atoms with Gasteiger partial charge in [-0.05, 0) is 41.1 Å². The standard InChI is InChI=1S/C23H22N4O2S/c1-2-6-16-10-12-17(13-11-16)22(20-9-5-14-30-20)24-21(28)15-27-23(29)18-7-3-4-8-19(18)25-26-27/h3-5,7-14,22H,2,6,15H2,1H3,(H,24,28). The van der Waals surface area contributed by atoms with Crippen molar-refractivity contribution in [1.82, 2.24) is 20.3 Å². The van der Waals surface area contributed by atoms with Crippen molar-refractivity contribution in [3.05, 3.63) is 92.4 Å². The summed E-state index contributed by atoms with van der Waals surface area (Å²) in [4.78, 5) is 26.5. The van der Waals surface area contributed by atoms with Crippen molar-refractivity contribution < 1.29 is 4.79 Å². The minimum atomic E-state index is -0.327. The van der Waals surface area contributed by atoms with Crippen molar-refractivity contribution >= 4 is 28.1 Å². The van der Waals surface area contributed by atoms with Crippen LogP contribution in [0.5, 0.6) is 0 Å². The van der Waals surface area contributed by atoms with Crippen LogP contribution in [0.25, 0.3) is 10.9 Å². The second-order valence-corrected chi connectivity index (χ2v) is 8.06. The van der Waals surface area contributed by atoms with Crippen molar-refractivity contribution in [2.75, 3.05) is 0 Å². The van der Waals surface area contributed by atoms with E-state index in [-0.39, 0.29) is 24.1 Å². The van der Waals surface area contributed by atoms with Gasteiger partial charge in [0.15, 0.2) is 0 Å². The van der Waals surface area contributed by atoms with Crippen LogP contribution < -0.4 is 10.9 Å². The normalized spacial score (nSPS) is 12.0. The summed E-state index contributed by atoms with van der Waals surface area (Å²) in [7, 11) is 0. The number of benzene rings is 2. The number of amides is 1.